The topological polar surface area (TPSA) is 38.7 Å². The fourth-order valence-electron chi connectivity index (χ4n) is 2.81. The summed E-state index contributed by atoms with van der Waals surface area (Å²) in [7, 11) is 0. The molecule has 0 unspecified atom stereocenters. The molecule has 20 heavy (non-hydrogen) atoms. The fraction of sp³-hybridized carbons (Fsp3) is 0.800. The van der Waals surface area contributed by atoms with Gasteiger partial charge in [-0.15, -0.1) is 0 Å². The fourth-order valence-corrected chi connectivity index (χ4v) is 17.7. The van der Waals surface area contributed by atoms with Crippen LogP contribution in [0.1, 0.15) is 59.3 Å². The molecule has 114 valence electrons. The van der Waals surface area contributed by atoms with Gasteiger partial charge in [0.05, 0.1) is 0 Å². The molecule has 0 fully saturated rings. The third-order valence-corrected chi connectivity index (χ3v) is 19.1. The Balaban J connectivity index is 3.00. The second kappa shape index (κ2) is 9.63. The van der Waals surface area contributed by atoms with Crippen LogP contribution >= 0.6 is 0 Å². The van der Waals surface area contributed by atoms with Crippen LogP contribution in [0.2, 0.25) is 13.3 Å². The van der Waals surface area contributed by atoms with Crippen LogP contribution in [-0.4, -0.2) is 33.6 Å². The van der Waals surface area contributed by atoms with E-state index in [4.69, 9.17) is 0 Å². The van der Waals surface area contributed by atoms with Crippen LogP contribution in [0.15, 0.2) is 6.20 Å². The van der Waals surface area contributed by atoms with Gasteiger partial charge in [0.2, 0.25) is 0 Å². The van der Waals surface area contributed by atoms with Gasteiger partial charge in [0, 0.05) is 0 Å². The Kier molecular flexibility index (Phi) is 8.57. The molecular weight excluding hydrogens is 360 g/mol. The van der Waals surface area contributed by atoms with Gasteiger partial charge in [-0.3, -0.25) is 0 Å². The molecule has 1 rings (SSSR count). The van der Waals surface area contributed by atoms with Crippen molar-refractivity contribution in [2.45, 2.75) is 72.6 Å². The van der Waals surface area contributed by atoms with E-state index in [-0.39, 0.29) is 0 Å². The summed E-state index contributed by atoms with van der Waals surface area (Å²) >= 11 is -2.53. The van der Waals surface area contributed by atoms with Crippen LogP contribution in [-0.2, 0) is 0 Å². The van der Waals surface area contributed by atoms with E-state index in [2.05, 4.69) is 36.0 Å². The number of rotatable bonds is 10. The Morgan fingerprint density at radius 2 is 1.40 bits per heavy atom. The van der Waals surface area contributed by atoms with Crippen LogP contribution in [0.4, 0.5) is 4.39 Å². The number of hydrogen-bond donors (Lipinski definition) is 0. The van der Waals surface area contributed by atoms with Gasteiger partial charge in [-0.2, -0.15) is 0 Å². The molecule has 0 aliphatic heterocycles. The maximum absolute atomic E-state index is 13.0. The predicted octanol–water partition coefficient (Wildman–Crippen LogP) is 4.07. The van der Waals surface area contributed by atoms with Gasteiger partial charge in [-0.25, -0.2) is 0 Å². The van der Waals surface area contributed by atoms with Gasteiger partial charge in [-0.05, 0) is 0 Å². The first-order valence-electron chi connectivity index (χ1n) is 8.04. The second-order valence-electron chi connectivity index (χ2n) is 5.70. The van der Waals surface area contributed by atoms with Crippen molar-refractivity contribution in [3.8, 4) is 0 Å². The van der Waals surface area contributed by atoms with Crippen molar-refractivity contribution in [2.75, 3.05) is 0 Å². The Hall–Kier alpha value is -0.261. The summed E-state index contributed by atoms with van der Waals surface area (Å²) in [5, 5.41) is 7.81. The zero-order chi connectivity index (χ0) is 14.8. The number of aromatic nitrogens is 3. The molecule has 0 amide bonds. The average Bonchev–Trinajstić information content (AvgIpc) is 2.48. The molecule has 3 nitrogen and oxygen atoms in total. The standard InChI is InChI=1S/3C4H9.C3HFN3.Sn/c3*1-3-4-2;4-3-5-1-2-6-7-3;/h3*1,3-4H2,2H3;1H;. The molecule has 1 aromatic rings. The summed E-state index contributed by atoms with van der Waals surface area (Å²) in [6, 6.07) is 0. The van der Waals surface area contributed by atoms with Crippen molar-refractivity contribution in [3.63, 3.8) is 0 Å². The zero-order valence-corrected chi connectivity index (χ0v) is 16.0. The van der Waals surface area contributed by atoms with E-state index in [9.17, 15) is 4.39 Å². The molecule has 0 aliphatic carbocycles. The van der Waals surface area contributed by atoms with Crippen molar-refractivity contribution in [1.29, 1.82) is 0 Å². The van der Waals surface area contributed by atoms with E-state index in [1.54, 1.807) is 6.20 Å². The second-order valence-corrected chi connectivity index (χ2v) is 18.8. The molecule has 0 spiro atoms. The molecular formula is C15H28FN3Sn. The molecule has 0 N–H and O–H groups in total. The molecule has 5 heteroatoms. The molecule has 1 heterocycles. The Morgan fingerprint density at radius 1 is 0.900 bits per heavy atom. The van der Waals surface area contributed by atoms with Gasteiger partial charge >= 0.3 is 127 Å². The molecule has 0 atom stereocenters. The summed E-state index contributed by atoms with van der Waals surface area (Å²) in [5.41, 5.74) is 0. The van der Waals surface area contributed by atoms with E-state index >= 15 is 0 Å². The van der Waals surface area contributed by atoms with Crippen LogP contribution in [0, 0.1) is 6.08 Å². The number of unbranched alkanes of at least 4 members (excludes halogenated alkanes) is 3. The Morgan fingerprint density at radius 3 is 1.75 bits per heavy atom. The van der Waals surface area contributed by atoms with Gasteiger partial charge in [0.1, 0.15) is 0 Å². The van der Waals surface area contributed by atoms with E-state index < -0.39 is 24.5 Å². The molecule has 0 aromatic carbocycles. The van der Waals surface area contributed by atoms with Crippen molar-refractivity contribution in [2.24, 2.45) is 0 Å². The quantitative estimate of drug-likeness (QED) is 0.568. The monoisotopic (exact) mass is 389 g/mol. The molecule has 1 aromatic heterocycles. The van der Waals surface area contributed by atoms with Crippen LogP contribution < -0.4 is 3.71 Å². The maximum atomic E-state index is 13.0. The summed E-state index contributed by atoms with van der Waals surface area (Å²) in [6.07, 6.45) is 8.46. The van der Waals surface area contributed by atoms with Crippen LogP contribution in [0.3, 0.4) is 0 Å². The van der Waals surface area contributed by atoms with Crippen molar-refractivity contribution < 1.29 is 4.39 Å². The first-order valence-corrected chi connectivity index (χ1v) is 15.5. The first-order chi connectivity index (χ1) is 9.68. The van der Waals surface area contributed by atoms with E-state index in [1.807, 2.05) is 0 Å². The van der Waals surface area contributed by atoms with Crippen molar-refractivity contribution in [3.05, 3.63) is 12.3 Å². The SMILES string of the molecule is CCC[CH2][Sn]([CH2]CCC)([CH2]CCC)[c]1cnc(F)nn1. The molecule has 0 saturated carbocycles. The number of halogens is 1. The molecule has 0 aliphatic rings. The van der Waals surface area contributed by atoms with Crippen molar-refractivity contribution >= 4 is 22.1 Å². The van der Waals surface area contributed by atoms with Crippen LogP contribution in [0.5, 0.6) is 0 Å². The summed E-state index contributed by atoms with van der Waals surface area (Å²) in [4.78, 5) is 3.78. The first kappa shape index (κ1) is 17.8. The number of nitrogens with zero attached hydrogens (tertiary/aromatic N) is 3. The summed E-state index contributed by atoms with van der Waals surface area (Å²) in [6.45, 7) is 6.72. The van der Waals surface area contributed by atoms with Gasteiger partial charge in [0.15, 0.2) is 0 Å². The number of hydrogen-bond acceptors (Lipinski definition) is 3. The van der Waals surface area contributed by atoms with E-state index in [0.29, 0.717) is 0 Å². The average molecular weight is 388 g/mol. The minimum absolute atomic E-state index is 0.699. The molecule has 0 radical (unpaired) electrons. The van der Waals surface area contributed by atoms with Gasteiger partial charge in [-0.1, -0.05) is 0 Å². The summed E-state index contributed by atoms with van der Waals surface area (Å²) in [5.74, 6) is 0. The summed E-state index contributed by atoms with van der Waals surface area (Å²) < 4.78 is 18.0. The minimum atomic E-state index is -2.53. The third kappa shape index (κ3) is 5.26. The molecule has 0 bridgehead atoms. The normalized spacial score (nSPS) is 11.8. The van der Waals surface area contributed by atoms with Crippen molar-refractivity contribution in [1.82, 2.24) is 15.2 Å². The zero-order valence-electron chi connectivity index (χ0n) is 13.2. The predicted molar refractivity (Wildman–Crippen MR) is 84.3 cm³/mol. The van der Waals surface area contributed by atoms with Gasteiger partial charge in [0.25, 0.3) is 0 Å². The van der Waals surface area contributed by atoms with Crippen LogP contribution in [0.25, 0.3) is 0 Å². The molecule has 0 saturated heterocycles. The third-order valence-electron chi connectivity index (χ3n) is 4.10. The Bertz CT molecular complexity index is 348. The Labute approximate surface area is 126 Å². The van der Waals surface area contributed by atoms with E-state index in [0.717, 1.165) is 3.71 Å². The van der Waals surface area contributed by atoms with Gasteiger partial charge < -0.3 is 0 Å². The van der Waals surface area contributed by atoms with E-state index in [1.165, 1.54) is 51.8 Å².